The van der Waals surface area contributed by atoms with Crippen LogP contribution < -0.4 is 4.90 Å². The molecule has 3 rings (SSSR count). The van der Waals surface area contributed by atoms with E-state index in [-0.39, 0.29) is 0 Å². The van der Waals surface area contributed by atoms with E-state index in [0.717, 1.165) is 46.7 Å². The third-order valence-electron chi connectivity index (χ3n) is 3.87. The van der Waals surface area contributed by atoms with Crippen LogP contribution in [-0.4, -0.2) is 30.2 Å². The summed E-state index contributed by atoms with van der Waals surface area (Å²) in [6.07, 6.45) is 2.06. The van der Waals surface area contributed by atoms with Gasteiger partial charge in [0.1, 0.15) is 5.82 Å². The van der Waals surface area contributed by atoms with E-state index in [1.807, 2.05) is 19.1 Å². The van der Waals surface area contributed by atoms with Gasteiger partial charge in [-0.3, -0.25) is 0 Å². The largest absolute Gasteiger partial charge is 0.377 e. The third-order valence-corrected chi connectivity index (χ3v) is 4.30. The summed E-state index contributed by atoms with van der Waals surface area (Å²) in [7, 11) is 0. The molecule has 4 nitrogen and oxygen atoms in total. The zero-order valence-corrected chi connectivity index (χ0v) is 13.1. The maximum Gasteiger partial charge on any atom is 0.117 e. The van der Waals surface area contributed by atoms with E-state index in [2.05, 4.69) is 44.4 Å². The van der Waals surface area contributed by atoms with Crippen molar-refractivity contribution in [1.29, 1.82) is 5.26 Å². The molecule has 0 spiro atoms. The highest BCUT2D eigenvalue weighted by Crippen LogP contribution is 2.31. The Morgan fingerprint density at radius 2 is 2.25 bits per heavy atom. The average molecular weight is 334 g/mol. The number of aromatic nitrogens is 1. The molecule has 1 aliphatic heterocycles. The predicted molar refractivity (Wildman–Crippen MR) is 82.2 cm³/mol. The molecule has 2 aromatic rings. The summed E-state index contributed by atoms with van der Waals surface area (Å²) in [5.74, 6) is 1.10. The standard InChI is InChI=1S/C15H16BrN3O/c1-3-18(14-8-20-9-14)15-10(2)11(6-17)4-13-5-12(16)7-19(13)15/h4-5,7,14H,3,8-9H2,1-2H3. The highest BCUT2D eigenvalue weighted by molar-refractivity contribution is 9.10. The molecule has 104 valence electrons. The summed E-state index contributed by atoms with van der Waals surface area (Å²) in [5, 5.41) is 9.36. The van der Waals surface area contributed by atoms with Crippen LogP contribution in [0.3, 0.4) is 0 Å². The molecular weight excluding hydrogens is 318 g/mol. The first-order valence-electron chi connectivity index (χ1n) is 6.71. The Bertz CT molecular complexity index is 697. The van der Waals surface area contributed by atoms with Crippen molar-refractivity contribution >= 4 is 27.3 Å². The number of halogens is 1. The number of rotatable bonds is 3. The van der Waals surface area contributed by atoms with Crippen molar-refractivity contribution < 1.29 is 4.74 Å². The lowest BCUT2D eigenvalue weighted by Crippen LogP contribution is -2.50. The van der Waals surface area contributed by atoms with Gasteiger partial charge in [0.05, 0.1) is 30.9 Å². The molecule has 1 saturated heterocycles. The Balaban J connectivity index is 2.25. The number of nitriles is 1. The number of hydrogen-bond acceptors (Lipinski definition) is 3. The van der Waals surface area contributed by atoms with Gasteiger partial charge in [-0.05, 0) is 41.9 Å². The number of likely N-dealkylation sites (N-methyl/N-ethyl adjacent to an activating group) is 1. The minimum Gasteiger partial charge on any atom is -0.377 e. The molecule has 0 aliphatic carbocycles. The highest BCUT2D eigenvalue weighted by Gasteiger charge is 2.28. The van der Waals surface area contributed by atoms with Gasteiger partial charge in [0.2, 0.25) is 0 Å². The summed E-state index contributed by atoms with van der Waals surface area (Å²) >= 11 is 3.52. The minimum atomic E-state index is 0.400. The summed E-state index contributed by atoms with van der Waals surface area (Å²) in [5.41, 5.74) is 2.79. The average Bonchev–Trinajstić information content (AvgIpc) is 2.73. The lowest BCUT2D eigenvalue weighted by molar-refractivity contribution is 0.00810. The predicted octanol–water partition coefficient (Wildman–Crippen LogP) is 3.11. The second kappa shape index (κ2) is 5.12. The molecular formula is C15H16BrN3O. The fourth-order valence-corrected chi connectivity index (χ4v) is 3.19. The van der Waals surface area contributed by atoms with Crippen molar-refractivity contribution in [3.63, 3.8) is 0 Å². The van der Waals surface area contributed by atoms with Gasteiger partial charge in [-0.1, -0.05) is 0 Å². The highest BCUT2D eigenvalue weighted by atomic mass is 79.9. The molecule has 1 fully saturated rings. The van der Waals surface area contributed by atoms with E-state index < -0.39 is 0 Å². The van der Waals surface area contributed by atoms with E-state index in [9.17, 15) is 5.26 Å². The molecule has 0 N–H and O–H groups in total. The second-order valence-corrected chi connectivity index (χ2v) is 5.96. The van der Waals surface area contributed by atoms with Crippen LogP contribution in [0.4, 0.5) is 5.82 Å². The van der Waals surface area contributed by atoms with E-state index in [0.29, 0.717) is 6.04 Å². The van der Waals surface area contributed by atoms with Gasteiger partial charge >= 0.3 is 0 Å². The fraction of sp³-hybridized carbons (Fsp3) is 0.400. The number of pyridine rings is 1. The molecule has 2 aromatic heterocycles. The topological polar surface area (TPSA) is 40.7 Å². The Hall–Kier alpha value is -1.51. The van der Waals surface area contributed by atoms with Gasteiger partial charge < -0.3 is 14.0 Å². The van der Waals surface area contributed by atoms with Crippen molar-refractivity contribution in [1.82, 2.24) is 4.40 Å². The molecule has 1 aliphatic rings. The summed E-state index contributed by atoms with van der Waals surface area (Å²) in [6, 6.07) is 6.68. The molecule has 5 heteroatoms. The lowest BCUT2D eigenvalue weighted by Gasteiger charge is -2.39. The SMILES string of the molecule is CCN(c1c(C)c(C#N)cc2cc(Br)cn12)C1COC1. The molecule has 0 unspecified atom stereocenters. The first kappa shape index (κ1) is 13.5. The normalized spacial score (nSPS) is 15.1. The van der Waals surface area contributed by atoms with Crippen LogP contribution in [0.25, 0.3) is 5.52 Å². The maximum absolute atomic E-state index is 9.36. The Morgan fingerprint density at radius 1 is 1.50 bits per heavy atom. The summed E-state index contributed by atoms with van der Waals surface area (Å²) < 4.78 is 8.50. The summed E-state index contributed by atoms with van der Waals surface area (Å²) in [6.45, 7) is 6.57. The molecule has 0 atom stereocenters. The molecule has 0 bridgehead atoms. The Morgan fingerprint density at radius 3 is 2.80 bits per heavy atom. The van der Waals surface area contributed by atoms with E-state index in [4.69, 9.17) is 4.74 Å². The van der Waals surface area contributed by atoms with Gasteiger partial charge in [0, 0.05) is 28.3 Å². The van der Waals surface area contributed by atoms with Gasteiger partial charge in [-0.15, -0.1) is 0 Å². The second-order valence-electron chi connectivity index (χ2n) is 5.05. The monoisotopic (exact) mass is 333 g/mol. The zero-order valence-electron chi connectivity index (χ0n) is 11.6. The van der Waals surface area contributed by atoms with Crippen molar-refractivity contribution in [2.45, 2.75) is 19.9 Å². The quantitative estimate of drug-likeness (QED) is 0.866. The first-order chi connectivity index (χ1) is 9.65. The van der Waals surface area contributed by atoms with Gasteiger partial charge in [-0.2, -0.15) is 5.26 Å². The van der Waals surface area contributed by atoms with Gasteiger partial charge in [0.25, 0.3) is 0 Å². The van der Waals surface area contributed by atoms with Crippen LogP contribution in [-0.2, 0) is 4.74 Å². The number of anilines is 1. The lowest BCUT2D eigenvalue weighted by atomic mass is 10.1. The molecule has 0 radical (unpaired) electrons. The van der Waals surface area contributed by atoms with Crippen molar-refractivity contribution in [2.75, 3.05) is 24.7 Å². The van der Waals surface area contributed by atoms with Crippen LogP contribution in [0.2, 0.25) is 0 Å². The number of nitrogens with zero attached hydrogens (tertiary/aromatic N) is 3. The van der Waals surface area contributed by atoms with Crippen molar-refractivity contribution in [3.05, 3.63) is 33.9 Å². The number of ether oxygens (including phenoxy) is 1. The van der Waals surface area contributed by atoms with Crippen LogP contribution in [0.5, 0.6) is 0 Å². The zero-order chi connectivity index (χ0) is 14.3. The van der Waals surface area contributed by atoms with E-state index in [1.54, 1.807) is 0 Å². The number of hydrogen-bond donors (Lipinski definition) is 0. The maximum atomic E-state index is 9.36. The molecule has 0 aromatic carbocycles. The summed E-state index contributed by atoms with van der Waals surface area (Å²) in [4.78, 5) is 2.33. The fourth-order valence-electron chi connectivity index (χ4n) is 2.75. The van der Waals surface area contributed by atoms with Crippen LogP contribution in [0.15, 0.2) is 22.8 Å². The molecule has 3 heterocycles. The van der Waals surface area contributed by atoms with Crippen LogP contribution in [0.1, 0.15) is 18.1 Å². The van der Waals surface area contributed by atoms with Crippen molar-refractivity contribution in [3.8, 4) is 6.07 Å². The van der Waals surface area contributed by atoms with Gasteiger partial charge in [-0.25, -0.2) is 0 Å². The molecule has 20 heavy (non-hydrogen) atoms. The molecule has 0 amide bonds. The van der Waals surface area contributed by atoms with Gasteiger partial charge in [0.15, 0.2) is 0 Å². The van der Waals surface area contributed by atoms with Crippen molar-refractivity contribution in [2.24, 2.45) is 0 Å². The molecule has 0 saturated carbocycles. The number of fused-ring (bicyclic) bond motifs is 1. The smallest absolute Gasteiger partial charge is 0.117 e. The van der Waals surface area contributed by atoms with Crippen LogP contribution in [0, 0.1) is 18.3 Å². The third kappa shape index (κ3) is 2.00. The van der Waals surface area contributed by atoms with E-state index in [1.165, 1.54) is 0 Å². The Labute approximate surface area is 126 Å². The minimum absolute atomic E-state index is 0.400. The first-order valence-corrected chi connectivity index (χ1v) is 7.50. The Kier molecular flexibility index (Phi) is 3.45. The van der Waals surface area contributed by atoms with E-state index >= 15 is 0 Å². The van der Waals surface area contributed by atoms with Crippen LogP contribution >= 0.6 is 15.9 Å².